The Kier molecular flexibility index (Phi) is 3.09. The summed E-state index contributed by atoms with van der Waals surface area (Å²) in [6.45, 7) is 3.83. The van der Waals surface area contributed by atoms with E-state index in [0.29, 0.717) is 5.69 Å². The van der Waals surface area contributed by atoms with Crippen molar-refractivity contribution in [3.63, 3.8) is 0 Å². The molecular weight excluding hydrogens is 210 g/mol. The third kappa shape index (κ3) is 3.55. The standard InChI is InChI=1S/C11H17NO2S/c1-11(2,8-15(3,13)14)9-4-6-10(12)7-5-9/h4-7H,8,12H2,1-3H3. The molecule has 0 spiro atoms. The van der Waals surface area contributed by atoms with E-state index in [4.69, 9.17) is 5.73 Å². The summed E-state index contributed by atoms with van der Waals surface area (Å²) in [4.78, 5) is 0. The average molecular weight is 227 g/mol. The Hall–Kier alpha value is -1.03. The van der Waals surface area contributed by atoms with Crippen molar-refractivity contribution in [2.45, 2.75) is 19.3 Å². The second-order valence-corrected chi connectivity index (χ2v) is 6.72. The Morgan fingerprint density at radius 1 is 1.20 bits per heavy atom. The van der Waals surface area contributed by atoms with Gasteiger partial charge in [0.25, 0.3) is 0 Å². The Labute approximate surface area is 91.2 Å². The van der Waals surface area contributed by atoms with Gasteiger partial charge in [-0.05, 0) is 17.7 Å². The third-order valence-corrected chi connectivity index (χ3v) is 3.56. The molecule has 0 aliphatic rings. The maximum Gasteiger partial charge on any atom is 0.148 e. The van der Waals surface area contributed by atoms with Crippen LogP contribution in [0.3, 0.4) is 0 Å². The number of nitrogen functional groups attached to an aromatic ring is 1. The Bertz CT molecular complexity index is 432. The lowest BCUT2D eigenvalue weighted by molar-refractivity contribution is 0.552. The van der Waals surface area contributed by atoms with Crippen LogP contribution in [0.5, 0.6) is 0 Å². The first-order chi connectivity index (χ1) is 6.71. The van der Waals surface area contributed by atoms with E-state index in [-0.39, 0.29) is 11.2 Å². The molecule has 1 aromatic rings. The van der Waals surface area contributed by atoms with Gasteiger partial charge in [0, 0.05) is 17.4 Å². The molecular formula is C11H17NO2S. The van der Waals surface area contributed by atoms with Gasteiger partial charge in [0.2, 0.25) is 0 Å². The van der Waals surface area contributed by atoms with E-state index in [1.54, 1.807) is 12.1 Å². The number of rotatable bonds is 3. The lowest BCUT2D eigenvalue weighted by atomic mass is 9.87. The van der Waals surface area contributed by atoms with Crippen LogP contribution in [0.1, 0.15) is 19.4 Å². The minimum Gasteiger partial charge on any atom is -0.399 e. The van der Waals surface area contributed by atoms with Crippen LogP contribution in [0.25, 0.3) is 0 Å². The maximum atomic E-state index is 11.3. The summed E-state index contributed by atoms with van der Waals surface area (Å²) in [5.41, 5.74) is 6.88. The van der Waals surface area contributed by atoms with E-state index in [0.717, 1.165) is 5.56 Å². The van der Waals surface area contributed by atoms with Gasteiger partial charge in [-0.15, -0.1) is 0 Å². The quantitative estimate of drug-likeness (QED) is 0.798. The molecule has 0 bridgehead atoms. The van der Waals surface area contributed by atoms with E-state index < -0.39 is 9.84 Å². The zero-order chi connectivity index (χ0) is 11.7. The van der Waals surface area contributed by atoms with Crippen molar-refractivity contribution < 1.29 is 8.42 Å². The molecule has 4 heteroatoms. The van der Waals surface area contributed by atoms with Crippen LogP contribution in [0, 0.1) is 0 Å². The highest BCUT2D eigenvalue weighted by atomic mass is 32.2. The molecule has 0 aliphatic carbocycles. The number of sulfone groups is 1. The second kappa shape index (κ2) is 3.85. The Morgan fingerprint density at radius 3 is 2.07 bits per heavy atom. The van der Waals surface area contributed by atoms with Gasteiger partial charge >= 0.3 is 0 Å². The zero-order valence-corrected chi connectivity index (χ0v) is 10.1. The number of anilines is 1. The minimum absolute atomic E-state index is 0.143. The van der Waals surface area contributed by atoms with Crippen LogP contribution in [-0.4, -0.2) is 20.4 Å². The molecule has 0 aromatic heterocycles. The summed E-state index contributed by atoms with van der Waals surface area (Å²) in [6, 6.07) is 7.33. The fraction of sp³-hybridized carbons (Fsp3) is 0.455. The summed E-state index contributed by atoms with van der Waals surface area (Å²) < 4.78 is 22.5. The van der Waals surface area contributed by atoms with Crippen molar-refractivity contribution >= 4 is 15.5 Å². The largest absolute Gasteiger partial charge is 0.399 e. The van der Waals surface area contributed by atoms with Crippen molar-refractivity contribution in [3.8, 4) is 0 Å². The van der Waals surface area contributed by atoms with Gasteiger partial charge in [0.05, 0.1) is 5.75 Å². The van der Waals surface area contributed by atoms with E-state index in [2.05, 4.69) is 0 Å². The van der Waals surface area contributed by atoms with Gasteiger partial charge < -0.3 is 5.73 Å². The Morgan fingerprint density at radius 2 is 1.67 bits per heavy atom. The molecule has 0 saturated heterocycles. The van der Waals surface area contributed by atoms with Gasteiger partial charge in [0.15, 0.2) is 0 Å². The van der Waals surface area contributed by atoms with Crippen LogP contribution in [0.15, 0.2) is 24.3 Å². The van der Waals surface area contributed by atoms with Gasteiger partial charge in [-0.2, -0.15) is 0 Å². The van der Waals surface area contributed by atoms with Crippen molar-refractivity contribution in [2.75, 3.05) is 17.7 Å². The molecule has 0 amide bonds. The lowest BCUT2D eigenvalue weighted by Gasteiger charge is -2.24. The van der Waals surface area contributed by atoms with Crippen LogP contribution in [-0.2, 0) is 15.3 Å². The monoisotopic (exact) mass is 227 g/mol. The molecule has 3 nitrogen and oxygen atoms in total. The normalized spacial score (nSPS) is 12.7. The molecule has 2 N–H and O–H groups in total. The van der Waals surface area contributed by atoms with E-state index in [9.17, 15) is 8.42 Å². The molecule has 1 aromatic carbocycles. The predicted molar refractivity (Wildman–Crippen MR) is 63.6 cm³/mol. The number of nitrogens with two attached hydrogens (primary N) is 1. The molecule has 84 valence electrons. The summed E-state index contributed by atoms with van der Waals surface area (Å²) in [5.74, 6) is 0.143. The number of hydrogen-bond donors (Lipinski definition) is 1. The molecule has 0 radical (unpaired) electrons. The van der Waals surface area contributed by atoms with Gasteiger partial charge in [-0.25, -0.2) is 8.42 Å². The SMILES string of the molecule is CC(C)(CS(C)(=O)=O)c1ccc(N)cc1. The summed E-state index contributed by atoms with van der Waals surface area (Å²) in [5, 5.41) is 0. The van der Waals surface area contributed by atoms with Gasteiger partial charge in [-0.1, -0.05) is 26.0 Å². The first-order valence-electron chi connectivity index (χ1n) is 4.74. The van der Waals surface area contributed by atoms with Gasteiger partial charge in [-0.3, -0.25) is 0 Å². The molecule has 15 heavy (non-hydrogen) atoms. The van der Waals surface area contributed by atoms with E-state index in [1.807, 2.05) is 26.0 Å². The average Bonchev–Trinajstić information content (AvgIpc) is 2.00. The second-order valence-electron chi connectivity index (χ2n) is 4.58. The minimum atomic E-state index is -2.97. The molecule has 0 aliphatic heterocycles. The van der Waals surface area contributed by atoms with E-state index >= 15 is 0 Å². The summed E-state index contributed by atoms with van der Waals surface area (Å²) in [7, 11) is -2.97. The zero-order valence-electron chi connectivity index (χ0n) is 9.32. The third-order valence-electron chi connectivity index (χ3n) is 2.32. The maximum absolute atomic E-state index is 11.3. The molecule has 0 fully saturated rings. The highest BCUT2D eigenvalue weighted by molar-refractivity contribution is 7.90. The molecule has 0 atom stereocenters. The number of hydrogen-bond acceptors (Lipinski definition) is 3. The highest BCUT2D eigenvalue weighted by Gasteiger charge is 2.25. The first kappa shape index (κ1) is 12.0. The summed E-state index contributed by atoms with van der Waals surface area (Å²) >= 11 is 0. The Balaban J connectivity index is 3.00. The number of benzene rings is 1. The predicted octanol–water partition coefficient (Wildman–Crippen LogP) is 1.59. The van der Waals surface area contributed by atoms with Crippen LogP contribution >= 0.6 is 0 Å². The fourth-order valence-electron chi connectivity index (χ4n) is 1.67. The lowest BCUT2D eigenvalue weighted by Crippen LogP contribution is -2.27. The summed E-state index contributed by atoms with van der Waals surface area (Å²) in [6.07, 6.45) is 1.26. The molecule has 1 rings (SSSR count). The highest BCUT2D eigenvalue weighted by Crippen LogP contribution is 2.25. The smallest absolute Gasteiger partial charge is 0.148 e. The van der Waals surface area contributed by atoms with Crippen LogP contribution < -0.4 is 5.73 Å². The van der Waals surface area contributed by atoms with Crippen LogP contribution in [0.2, 0.25) is 0 Å². The van der Waals surface area contributed by atoms with Gasteiger partial charge in [0.1, 0.15) is 9.84 Å². The molecule has 0 unspecified atom stereocenters. The topological polar surface area (TPSA) is 60.2 Å². The van der Waals surface area contributed by atoms with Crippen molar-refractivity contribution in [2.24, 2.45) is 0 Å². The first-order valence-corrected chi connectivity index (χ1v) is 6.80. The fourth-order valence-corrected chi connectivity index (χ4v) is 3.15. The van der Waals surface area contributed by atoms with Crippen LogP contribution in [0.4, 0.5) is 5.69 Å². The van der Waals surface area contributed by atoms with Crippen molar-refractivity contribution in [3.05, 3.63) is 29.8 Å². The molecule has 0 heterocycles. The van der Waals surface area contributed by atoms with Crippen molar-refractivity contribution in [1.29, 1.82) is 0 Å². The molecule has 0 saturated carbocycles. The van der Waals surface area contributed by atoms with E-state index in [1.165, 1.54) is 6.26 Å². The van der Waals surface area contributed by atoms with Crippen molar-refractivity contribution in [1.82, 2.24) is 0 Å².